The Morgan fingerprint density at radius 3 is 2.11 bits per heavy atom. The van der Waals surface area contributed by atoms with Crippen LogP contribution in [0.3, 0.4) is 0 Å². The Labute approximate surface area is 167 Å². The summed E-state index contributed by atoms with van der Waals surface area (Å²) in [5.74, 6) is 1.48. The molecule has 1 atom stereocenters. The number of hydrogen-bond acceptors (Lipinski definition) is 4. The summed E-state index contributed by atoms with van der Waals surface area (Å²) in [6.07, 6.45) is -0.609. The lowest BCUT2D eigenvalue weighted by Gasteiger charge is -2.14. The highest BCUT2D eigenvalue weighted by molar-refractivity contribution is 9.10. The summed E-state index contributed by atoms with van der Waals surface area (Å²) in [6, 6.07) is 25.2. The number of hydrogen-bond donors (Lipinski definition) is 2. The molecule has 0 fully saturated rings. The Hall–Kier alpha value is -2.50. The predicted octanol–water partition coefficient (Wildman–Crippen LogP) is 4.88. The summed E-state index contributed by atoms with van der Waals surface area (Å²) in [5, 5.41) is 13.2. The Bertz CT molecular complexity index is 807. The van der Waals surface area contributed by atoms with E-state index in [0.717, 1.165) is 21.5 Å². The van der Waals surface area contributed by atoms with Gasteiger partial charge in [-0.25, -0.2) is 0 Å². The second kappa shape index (κ2) is 10.00. The molecule has 3 rings (SSSR count). The lowest BCUT2D eigenvalue weighted by atomic mass is 10.2. The van der Waals surface area contributed by atoms with Gasteiger partial charge >= 0.3 is 0 Å². The summed E-state index contributed by atoms with van der Waals surface area (Å²) in [5.41, 5.74) is 2.08. The van der Waals surface area contributed by atoms with Crippen molar-refractivity contribution in [1.82, 2.24) is 0 Å². The molecule has 0 aromatic heterocycles. The standard InChI is InChI=1S/C22H22BrNO3/c23-18-6-8-19(9-7-18)24-14-20(25)16-27-22-12-10-21(11-13-22)26-15-17-4-2-1-3-5-17/h1-13,20,24-25H,14-16H2/t20-/m1/s1. The van der Waals surface area contributed by atoms with Crippen LogP contribution in [0.4, 0.5) is 5.69 Å². The van der Waals surface area contributed by atoms with Crippen molar-refractivity contribution in [2.45, 2.75) is 12.7 Å². The monoisotopic (exact) mass is 427 g/mol. The molecule has 0 saturated carbocycles. The van der Waals surface area contributed by atoms with Crippen LogP contribution in [0.1, 0.15) is 5.56 Å². The third-order valence-corrected chi connectivity index (χ3v) is 4.43. The van der Waals surface area contributed by atoms with Crippen LogP contribution in [0, 0.1) is 0 Å². The second-order valence-electron chi connectivity index (χ2n) is 6.10. The number of anilines is 1. The Morgan fingerprint density at radius 1 is 0.815 bits per heavy atom. The Balaban J connectivity index is 1.39. The van der Waals surface area contributed by atoms with Crippen molar-refractivity contribution in [3.63, 3.8) is 0 Å². The molecular weight excluding hydrogens is 406 g/mol. The number of rotatable bonds is 9. The van der Waals surface area contributed by atoms with Gasteiger partial charge in [-0.15, -0.1) is 0 Å². The topological polar surface area (TPSA) is 50.7 Å². The van der Waals surface area contributed by atoms with E-state index in [1.54, 1.807) is 0 Å². The molecular formula is C22H22BrNO3. The third-order valence-electron chi connectivity index (χ3n) is 3.90. The van der Waals surface area contributed by atoms with E-state index in [1.807, 2.05) is 78.9 Å². The molecule has 0 aliphatic rings. The lowest BCUT2D eigenvalue weighted by Crippen LogP contribution is -2.26. The highest BCUT2D eigenvalue weighted by atomic mass is 79.9. The minimum atomic E-state index is -0.609. The minimum Gasteiger partial charge on any atom is -0.491 e. The van der Waals surface area contributed by atoms with Crippen molar-refractivity contribution in [3.8, 4) is 11.5 Å². The molecule has 140 valence electrons. The number of halogens is 1. The maximum Gasteiger partial charge on any atom is 0.120 e. The highest BCUT2D eigenvalue weighted by Gasteiger charge is 2.06. The maximum absolute atomic E-state index is 10.1. The number of ether oxygens (including phenoxy) is 2. The van der Waals surface area contributed by atoms with Gasteiger partial charge in [-0.1, -0.05) is 46.3 Å². The normalized spacial score (nSPS) is 11.6. The van der Waals surface area contributed by atoms with Gasteiger partial charge in [0.1, 0.15) is 30.8 Å². The number of benzene rings is 3. The van der Waals surface area contributed by atoms with Crippen molar-refractivity contribution in [1.29, 1.82) is 0 Å². The zero-order valence-corrected chi connectivity index (χ0v) is 16.4. The SMILES string of the molecule is O[C@H](CNc1ccc(Br)cc1)COc1ccc(OCc2ccccc2)cc1. The van der Waals surface area contributed by atoms with Crippen molar-refractivity contribution >= 4 is 21.6 Å². The fraction of sp³-hybridized carbons (Fsp3) is 0.182. The van der Waals surface area contributed by atoms with Gasteiger partial charge in [-0.2, -0.15) is 0 Å². The predicted molar refractivity (Wildman–Crippen MR) is 111 cm³/mol. The molecule has 27 heavy (non-hydrogen) atoms. The van der Waals surface area contributed by atoms with E-state index < -0.39 is 6.10 Å². The molecule has 0 bridgehead atoms. The molecule has 0 radical (unpaired) electrons. The van der Waals surface area contributed by atoms with Gasteiger partial charge in [0.2, 0.25) is 0 Å². The first kappa shape index (κ1) is 19.3. The minimum absolute atomic E-state index is 0.216. The molecule has 2 N–H and O–H groups in total. The zero-order chi connectivity index (χ0) is 18.9. The van der Waals surface area contributed by atoms with Gasteiger partial charge < -0.3 is 19.9 Å². The van der Waals surface area contributed by atoms with E-state index in [4.69, 9.17) is 9.47 Å². The maximum atomic E-state index is 10.1. The van der Waals surface area contributed by atoms with Crippen LogP contribution in [0.15, 0.2) is 83.3 Å². The first-order valence-electron chi connectivity index (χ1n) is 8.76. The number of aliphatic hydroxyl groups is 1. The zero-order valence-electron chi connectivity index (χ0n) is 14.8. The summed E-state index contributed by atoms with van der Waals surface area (Å²) < 4.78 is 12.4. The van der Waals surface area contributed by atoms with Crippen molar-refractivity contribution < 1.29 is 14.6 Å². The fourth-order valence-corrected chi connectivity index (χ4v) is 2.69. The average Bonchev–Trinajstić information content (AvgIpc) is 2.72. The summed E-state index contributed by atoms with van der Waals surface area (Å²) in [7, 11) is 0. The van der Waals surface area contributed by atoms with Crippen molar-refractivity contribution in [2.24, 2.45) is 0 Å². The molecule has 0 unspecified atom stereocenters. The second-order valence-corrected chi connectivity index (χ2v) is 7.01. The van der Waals surface area contributed by atoms with Crippen molar-refractivity contribution in [2.75, 3.05) is 18.5 Å². The van der Waals surface area contributed by atoms with Gasteiger partial charge in [-0.3, -0.25) is 0 Å². The van der Waals surface area contributed by atoms with Gasteiger partial charge in [0.25, 0.3) is 0 Å². The van der Waals surface area contributed by atoms with Crippen molar-refractivity contribution in [3.05, 3.63) is 88.9 Å². The van der Waals surface area contributed by atoms with E-state index in [0.29, 0.717) is 18.9 Å². The average molecular weight is 428 g/mol. The summed E-state index contributed by atoms with van der Waals surface area (Å²) in [6.45, 7) is 1.16. The molecule has 0 amide bonds. The van der Waals surface area contributed by atoms with E-state index in [-0.39, 0.29) is 6.61 Å². The molecule has 3 aromatic carbocycles. The van der Waals surface area contributed by atoms with E-state index in [9.17, 15) is 5.11 Å². The molecule has 0 spiro atoms. The van der Waals surface area contributed by atoms with Gasteiger partial charge in [0.05, 0.1) is 0 Å². The van der Waals surface area contributed by atoms with Crippen LogP contribution < -0.4 is 14.8 Å². The molecule has 3 aromatic rings. The molecule has 0 heterocycles. The number of nitrogens with one attached hydrogen (secondary N) is 1. The molecule has 0 saturated heterocycles. The van der Waals surface area contributed by atoms with Gasteiger partial charge in [0, 0.05) is 16.7 Å². The van der Waals surface area contributed by atoms with E-state index in [2.05, 4.69) is 21.2 Å². The van der Waals surface area contributed by atoms with Crippen LogP contribution in [-0.2, 0) is 6.61 Å². The Morgan fingerprint density at radius 2 is 1.44 bits per heavy atom. The van der Waals surface area contributed by atoms with Crippen LogP contribution >= 0.6 is 15.9 Å². The van der Waals surface area contributed by atoms with Crippen LogP contribution in [0.2, 0.25) is 0 Å². The van der Waals surface area contributed by atoms with Crippen LogP contribution in [0.25, 0.3) is 0 Å². The molecule has 5 heteroatoms. The van der Waals surface area contributed by atoms with Gasteiger partial charge in [-0.05, 0) is 54.1 Å². The van der Waals surface area contributed by atoms with E-state index in [1.165, 1.54) is 0 Å². The largest absolute Gasteiger partial charge is 0.491 e. The van der Waals surface area contributed by atoms with E-state index >= 15 is 0 Å². The van der Waals surface area contributed by atoms with Gasteiger partial charge in [0.15, 0.2) is 0 Å². The Kier molecular flexibility index (Phi) is 7.13. The molecule has 4 nitrogen and oxygen atoms in total. The quantitative estimate of drug-likeness (QED) is 0.510. The summed E-state index contributed by atoms with van der Waals surface area (Å²) >= 11 is 3.40. The third kappa shape index (κ3) is 6.62. The first-order chi connectivity index (χ1) is 13.2. The summed E-state index contributed by atoms with van der Waals surface area (Å²) in [4.78, 5) is 0. The highest BCUT2D eigenvalue weighted by Crippen LogP contribution is 2.19. The lowest BCUT2D eigenvalue weighted by molar-refractivity contribution is 0.117. The number of aliphatic hydroxyl groups excluding tert-OH is 1. The first-order valence-corrected chi connectivity index (χ1v) is 9.55. The molecule has 0 aliphatic carbocycles. The van der Waals surface area contributed by atoms with Crippen LogP contribution in [0.5, 0.6) is 11.5 Å². The van der Waals surface area contributed by atoms with Crippen LogP contribution in [-0.4, -0.2) is 24.4 Å². The smallest absolute Gasteiger partial charge is 0.120 e. The molecule has 0 aliphatic heterocycles. The fourth-order valence-electron chi connectivity index (χ4n) is 2.43.